The van der Waals surface area contributed by atoms with Crippen molar-refractivity contribution < 1.29 is 9.18 Å². The lowest BCUT2D eigenvalue weighted by atomic mass is 10.2. The minimum absolute atomic E-state index is 0.151. The van der Waals surface area contributed by atoms with Crippen molar-refractivity contribution >= 4 is 23.4 Å². The minimum Gasteiger partial charge on any atom is -0.325 e. The van der Waals surface area contributed by atoms with Gasteiger partial charge in [0, 0.05) is 17.4 Å². The van der Waals surface area contributed by atoms with E-state index >= 15 is 0 Å². The molecule has 0 saturated heterocycles. The molecule has 0 atom stereocenters. The zero-order valence-corrected chi connectivity index (χ0v) is 14.8. The number of imidazole rings is 1. The van der Waals surface area contributed by atoms with Crippen LogP contribution in [0.1, 0.15) is 43.1 Å². The molecule has 6 heteroatoms. The van der Waals surface area contributed by atoms with Crippen LogP contribution in [0.15, 0.2) is 29.4 Å². The van der Waals surface area contributed by atoms with Gasteiger partial charge >= 0.3 is 0 Å². The second-order valence-corrected chi connectivity index (χ2v) is 7.16. The van der Waals surface area contributed by atoms with E-state index in [9.17, 15) is 9.18 Å². The second kappa shape index (κ2) is 7.38. The lowest BCUT2D eigenvalue weighted by Gasteiger charge is -2.16. The summed E-state index contributed by atoms with van der Waals surface area (Å²) in [7, 11) is 0. The molecule has 1 aliphatic rings. The minimum atomic E-state index is -0.358. The highest BCUT2D eigenvalue weighted by Crippen LogP contribution is 2.35. The largest absolute Gasteiger partial charge is 0.325 e. The topological polar surface area (TPSA) is 46.9 Å². The molecule has 0 spiro atoms. The molecule has 1 amide bonds. The lowest BCUT2D eigenvalue weighted by Crippen LogP contribution is -2.15. The molecule has 1 N–H and O–H groups in total. The molecule has 3 rings (SSSR count). The van der Waals surface area contributed by atoms with Gasteiger partial charge in [-0.2, -0.15) is 0 Å². The first-order valence-corrected chi connectivity index (χ1v) is 9.27. The fraction of sp³-hybridized carbons (Fsp3) is 0.444. The molecule has 1 aromatic carbocycles. The van der Waals surface area contributed by atoms with Crippen molar-refractivity contribution in [2.45, 2.75) is 50.7 Å². The average molecular weight is 347 g/mol. The van der Waals surface area contributed by atoms with Crippen LogP contribution in [0.25, 0.3) is 0 Å². The number of hydrogen-bond donors (Lipinski definition) is 1. The maximum absolute atomic E-state index is 13.2. The van der Waals surface area contributed by atoms with Crippen LogP contribution >= 0.6 is 11.8 Å². The van der Waals surface area contributed by atoms with Crippen LogP contribution in [-0.2, 0) is 4.79 Å². The van der Waals surface area contributed by atoms with E-state index < -0.39 is 0 Å². The summed E-state index contributed by atoms with van der Waals surface area (Å²) < 4.78 is 15.5. The smallest absolute Gasteiger partial charge is 0.234 e. The number of hydrogen-bond acceptors (Lipinski definition) is 3. The van der Waals surface area contributed by atoms with Crippen LogP contribution in [0.2, 0.25) is 0 Å². The van der Waals surface area contributed by atoms with Gasteiger partial charge in [0.2, 0.25) is 5.91 Å². The van der Waals surface area contributed by atoms with E-state index in [2.05, 4.69) is 21.8 Å². The Bertz CT molecular complexity index is 738. The average Bonchev–Trinajstić information content (AvgIpc) is 3.14. The number of rotatable bonds is 5. The molecule has 128 valence electrons. The van der Waals surface area contributed by atoms with Gasteiger partial charge in [-0.1, -0.05) is 30.7 Å². The summed E-state index contributed by atoms with van der Waals surface area (Å²) in [6.07, 6.45) is 4.87. The summed E-state index contributed by atoms with van der Waals surface area (Å²) in [6, 6.07) is 6.43. The first kappa shape index (κ1) is 17.0. The number of anilines is 1. The van der Waals surface area contributed by atoms with Crippen molar-refractivity contribution in [1.29, 1.82) is 0 Å². The number of benzene rings is 1. The quantitative estimate of drug-likeness (QED) is 0.811. The standard InChI is InChI=1S/C18H22FN3OS/c1-12-13(2)22(16-8-3-4-9-16)18(20-12)24-11-17(23)21-15-7-5-6-14(19)10-15/h5-7,10,16H,3-4,8-9,11H2,1-2H3,(H,21,23). The third-order valence-corrected chi connectivity index (χ3v) is 5.44. The van der Waals surface area contributed by atoms with Gasteiger partial charge < -0.3 is 9.88 Å². The molecule has 1 fully saturated rings. The number of nitrogens with one attached hydrogen (secondary N) is 1. The van der Waals surface area contributed by atoms with Gasteiger partial charge in [-0.15, -0.1) is 0 Å². The molecule has 1 aliphatic carbocycles. The van der Waals surface area contributed by atoms with Crippen LogP contribution in [0.5, 0.6) is 0 Å². The number of amides is 1. The van der Waals surface area contributed by atoms with Crippen molar-refractivity contribution in [3.05, 3.63) is 41.5 Å². The van der Waals surface area contributed by atoms with Crippen LogP contribution < -0.4 is 5.32 Å². The van der Waals surface area contributed by atoms with Crippen molar-refractivity contribution in [1.82, 2.24) is 9.55 Å². The molecule has 1 aromatic heterocycles. The Kier molecular flexibility index (Phi) is 5.23. The summed E-state index contributed by atoms with van der Waals surface area (Å²) in [5.41, 5.74) is 2.69. The number of aromatic nitrogens is 2. The number of halogens is 1. The maximum atomic E-state index is 13.2. The highest BCUT2D eigenvalue weighted by Gasteiger charge is 2.23. The molecule has 0 unspecified atom stereocenters. The fourth-order valence-corrected chi connectivity index (χ4v) is 4.14. The third-order valence-electron chi connectivity index (χ3n) is 4.48. The summed E-state index contributed by atoms with van der Waals surface area (Å²) in [5.74, 6) is -0.246. The Morgan fingerprint density at radius 2 is 2.12 bits per heavy atom. The highest BCUT2D eigenvalue weighted by atomic mass is 32.2. The third kappa shape index (κ3) is 3.80. The van der Waals surface area contributed by atoms with E-state index in [4.69, 9.17) is 0 Å². The predicted octanol–water partition coefficient (Wildman–Crippen LogP) is 4.48. The molecule has 24 heavy (non-hydrogen) atoms. The predicted molar refractivity (Wildman–Crippen MR) is 95.0 cm³/mol. The summed E-state index contributed by atoms with van der Waals surface area (Å²) in [5, 5.41) is 3.64. The number of carbonyl (C=O) groups is 1. The van der Waals surface area contributed by atoms with E-state index in [1.54, 1.807) is 12.1 Å². The number of thioether (sulfide) groups is 1. The first-order chi connectivity index (χ1) is 11.5. The first-order valence-electron chi connectivity index (χ1n) is 8.28. The lowest BCUT2D eigenvalue weighted by molar-refractivity contribution is -0.113. The molecule has 0 bridgehead atoms. The van der Waals surface area contributed by atoms with Gasteiger partial charge in [0.05, 0.1) is 11.4 Å². The summed E-state index contributed by atoms with van der Waals surface area (Å²) >= 11 is 1.45. The summed E-state index contributed by atoms with van der Waals surface area (Å²) in [6.45, 7) is 4.11. The van der Waals surface area contributed by atoms with Gasteiger partial charge in [-0.3, -0.25) is 4.79 Å². The van der Waals surface area contributed by atoms with Gasteiger partial charge in [-0.25, -0.2) is 9.37 Å². The van der Waals surface area contributed by atoms with Crippen LogP contribution in [0, 0.1) is 19.7 Å². The SMILES string of the molecule is Cc1nc(SCC(=O)Nc2cccc(F)c2)n(C2CCCC2)c1C. The second-order valence-electron chi connectivity index (χ2n) is 6.22. The van der Waals surface area contributed by atoms with Crippen molar-refractivity contribution in [2.24, 2.45) is 0 Å². The van der Waals surface area contributed by atoms with Gasteiger partial charge in [0.1, 0.15) is 5.82 Å². The zero-order valence-electron chi connectivity index (χ0n) is 14.0. The monoisotopic (exact) mass is 347 g/mol. The van der Waals surface area contributed by atoms with E-state index in [1.165, 1.54) is 55.3 Å². The molecular formula is C18H22FN3OS. The van der Waals surface area contributed by atoms with E-state index in [1.807, 2.05) is 6.92 Å². The molecule has 0 aliphatic heterocycles. The molecule has 4 nitrogen and oxygen atoms in total. The Balaban J connectivity index is 1.66. The number of aryl methyl sites for hydroxylation is 1. The maximum Gasteiger partial charge on any atom is 0.234 e. The molecule has 1 saturated carbocycles. The van der Waals surface area contributed by atoms with E-state index in [0.29, 0.717) is 11.7 Å². The Hall–Kier alpha value is -1.82. The van der Waals surface area contributed by atoms with E-state index in [-0.39, 0.29) is 17.5 Å². The van der Waals surface area contributed by atoms with E-state index in [0.717, 1.165) is 10.9 Å². The van der Waals surface area contributed by atoms with Gasteiger partial charge in [0.15, 0.2) is 5.16 Å². The van der Waals surface area contributed by atoms with Gasteiger partial charge in [-0.05, 0) is 44.9 Å². The fourth-order valence-electron chi connectivity index (χ4n) is 3.18. The Morgan fingerprint density at radius 3 is 2.83 bits per heavy atom. The van der Waals surface area contributed by atoms with Crippen LogP contribution in [0.3, 0.4) is 0 Å². The van der Waals surface area contributed by atoms with Crippen molar-refractivity contribution in [3.8, 4) is 0 Å². The number of nitrogens with zero attached hydrogens (tertiary/aromatic N) is 2. The normalized spacial score (nSPS) is 15.0. The number of carbonyl (C=O) groups excluding carboxylic acids is 1. The van der Waals surface area contributed by atoms with Crippen molar-refractivity contribution in [2.75, 3.05) is 11.1 Å². The van der Waals surface area contributed by atoms with Crippen LogP contribution in [-0.4, -0.2) is 21.2 Å². The Morgan fingerprint density at radius 1 is 1.38 bits per heavy atom. The molecule has 1 heterocycles. The molecular weight excluding hydrogens is 325 g/mol. The van der Waals surface area contributed by atoms with Crippen molar-refractivity contribution in [3.63, 3.8) is 0 Å². The zero-order chi connectivity index (χ0) is 17.1. The van der Waals surface area contributed by atoms with Gasteiger partial charge in [0.25, 0.3) is 0 Å². The summed E-state index contributed by atoms with van der Waals surface area (Å²) in [4.78, 5) is 16.8. The molecule has 2 aromatic rings. The highest BCUT2D eigenvalue weighted by molar-refractivity contribution is 7.99. The van der Waals surface area contributed by atoms with Crippen LogP contribution in [0.4, 0.5) is 10.1 Å². The Labute approximate surface area is 145 Å². The molecule has 0 radical (unpaired) electrons.